The maximum Gasteiger partial charge on any atom is 0.193 e. The lowest BCUT2D eigenvalue weighted by Crippen LogP contribution is -2.08. The van der Waals surface area contributed by atoms with Gasteiger partial charge in [-0.2, -0.15) is 0 Å². The molecule has 0 aliphatic carbocycles. The van der Waals surface area contributed by atoms with Gasteiger partial charge in [-0.25, -0.2) is 4.98 Å². The third kappa shape index (κ3) is 2.99. The number of aryl methyl sites for hydroxylation is 1. The summed E-state index contributed by atoms with van der Waals surface area (Å²) in [7, 11) is 0. The molecule has 0 radical (unpaired) electrons. The third-order valence-corrected chi connectivity index (χ3v) is 3.95. The highest BCUT2D eigenvalue weighted by atomic mass is 16.1. The SMILES string of the molecule is Cc1cc(-c2cccnc2)c2c(=O)cc(Nc3ccccc3)[nH]c2n1. The Morgan fingerprint density at radius 2 is 1.88 bits per heavy atom. The number of anilines is 2. The number of hydrogen-bond donors (Lipinski definition) is 2. The van der Waals surface area contributed by atoms with Crippen LogP contribution in [0.1, 0.15) is 5.69 Å². The Morgan fingerprint density at radius 3 is 2.64 bits per heavy atom. The van der Waals surface area contributed by atoms with E-state index in [9.17, 15) is 4.79 Å². The quantitative estimate of drug-likeness (QED) is 0.595. The van der Waals surface area contributed by atoms with E-state index in [2.05, 4.69) is 20.3 Å². The Bertz CT molecular complexity index is 1090. The van der Waals surface area contributed by atoms with Gasteiger partial charge < -0.3 is 10.3 Å². The maximum atomic E-state index is 12.8. The number of para-hydroxylation sites is 1. The fourth-order valence-electron chi connectivity index (χ4n) is 2.87. The number of nitrogens with one attached hydrogen (secondary N) is 2. The molecule has 0 fully saturated rings. The van der Waals surface area contributed by atoms with Crippen LogP contribution in [-0.2, 0) is 0 Å². The first-order valence-electron chi connectivity index (χ1n) is 7.98. The Kier molecular flexibility index (Phi) is 3.74. The molecule has 0 amide bonds. The van der Waals surface area contributed by atoms with Gasteiger partial charge in [-0.3, -0.25) is 9.78 Å². The fraction of sp³-hybridized carbons (Fsp3) is 0.0500. The first-order chi connectivity index (χ1) is 12.2. The molecule has 2 N–H and O–H groups in total. The summed E-state index contributed by atoms with van der Waals surface area (Å²) in [6.07, 6.45) is 3.47. The second-order valence-electron chi connectivity index (χ2n) is 5.81. The smallest absolute Gasteiger partial charge is 0.193 e. The number of hydrogen-bond acceptors (Lipinski definition) is 4. The van der Waals surface area contributed by atoms with Crippen LogP contribution in [0.5, 0.6) is 0 Å². The second-order valence-corrected chi connectivity index (χ2v) is 5.81. The molecule has 0 atom stereocenters. The highest BCUT2D eigenvalue weighted by molar-refractivity contribution is 5.93. The zero-order valence-corrected chi connectivity index (χ0v) is 13.7. The van der Waals surface area contributed by atoms with Crippen molar-refractivity contribution in [2.24, 2.45) is 0 Å². The van der Waals surface area contributed by atoms with E-state index in [1.807, 2.05) is 55.5 Å². The topological polar surface area (TPSA) is 70.7 Å². The molecular weight excluding hydrogens is 312 g/mol. The van der Waals surface area contributed by atoms with Crippen molar-refractivity contribution in [1.82, 2.24) is 15.0 Å². The van der Waals surface area contributed by atoms with Gasteiger partial charge in [0.25, 0.3) is 0 Å². The van der Waals surface area contributed by atoms with Gasteiger partial charge in [0.05, 0.1) is 5.39 Å². The normalized spacial score (nSPS) is 10.8. The molecule has 3 heterocycles. The van der Waals surface area contributed by atoms with E-state index < -0.39 is 0 Å². The van der Waals surface area contributed by atoms with Crippen LogP contribution < -0.4 is 10.7 Å². The van der Waals surface area contributed by atoms with E-state index >= 15 is 0 Å². The monoisotopic (exact) mass is 328 g/mol. The summed E-state index contributed by atoms with van der Waals surface area (Å²) in [5.74, 6) is 0.610. The Morgan fingerprint density at radius 1 is 1.04 bits per heavy atom. The van der Waals surface area contributed by atoms with E-state index in [4.69, 9.17) is 0 Å². The average Bonchev–Trinajstić information content (AvgIpc) is 2.62. The summed E-state index contributed by atoms with van der Waals surface area (Å²) >= 11 is 0. The Labute approximate surface area is 144 Å². The zero-order chi connectivity index (χ0) is 17.2. The van der Waals surface area contributed by atoms with Crippen molar-refractivity contribution in [2.45, 2.75) is 6.92 Å². The number of benzene rings is 1. The van der Waals surface area contributed by atoms with E-state index in [1.165, 1.54) is 0 Å². The highest BCUT2D eigenvalue weighted by Gasteiger charge is 2.12. The van der Waals surface area contributed by atoms with Crippen LogP contribution in [-0.4, -0.2) is 15.0 Å². The molecule has 0 saturated carbocycles. The molecule has 0 aliphatic rings. The van der Waals surface area contributed by atoms with Crippen molar-refractivity contribution in [2.75, 3.05) is 5.32 Å². The van der Waals surface area contributed by atoms with Gasteiger partial charge >= 0.3 is 0 Å². The van der Waals surface area contributed by atoms with Crippen molar-refractivity contribution in [3.05, 3.63) is 82.9 Å². The molecule has 1 aromatic carbocycles. The minimum absolute atomic E-state index is 0.0847. The predicted molar refractivity (Wildman–Crippen MR) is 100 cm³/mol. The molecule has 4 rings (SSSR count). The van der Waals surface area contributed by atoms with E-state index in [0.29, 0.717) is 16.9 Å². The average molecular weight is 328 g/mol. The lowest BCUT2D eigenvalue weighted by atomic mass is 10.0. The molecule has 5 nitrogen and oxygen atoms in total. The summed E-state index contributed by atoms with van der Waals surface area (Å²) < 4.78 is 0. The first-order valence-corrected chi connectivity index (χ1v) is 7.98. The molecule has 0 saturated heterocycles. The Hall–Kier alpha value is -3.47. The van der Waals surface area contributed by atoms with Crippen molar-refractivity contribution < 1.29 is 0 Å². The summed E-state index contributed by atoms with van der Waals surface area (Å²) in [5.41, 5.74) is 3.94. The number of nitrogens with zero attached hydrogens (tertiary/aromatic N) is 2. The molecule has 5 heteroatoms. The number of pyridine rings is 3. The van der Waals surface area contributed by atoms with Crippen molar-refractivity contribution in [1.29, 1.82) is 0 Å². The predicted octanol–water partition coefficient (Wildman–Crippen LogP) is 4.04. The zero-order valence-electron chi connectivity index (χ0n) is 13.7. The molecule has 0 unspecified atom stereocenters. The van der Waals surface area contributed by atoms with Gasteiger partial charge in [0.15, 0.2) is 5.43 Å². The molecule has 25 heavy (non-hydrogen) atoms. The molecular formula is C20H16N4O. The first kappa shape index (κ1) is 15.1. The minimum Gasteiger partial charge on any atom is -0.342 e. The lowest BCUT2D eigenvalue weighted by Gasteiger charge is -2.11. The van der Waals surface area contributed by atoms with E-state index in [0.717, 1.165) is 22.5 Å². The fourth-order valence-corrected chi connectivity index (χ4v) is 2.87. The van der Waals surface area contributed by atoms with Crippen LogP contribution in [0, 0.1) is 6.92 Å². The summed E-state index contributed by atoms with van der Waals surface area (Å²) in [6, 6.07) is 17.0. The molecule has 0 bridgehead atoms. The van der Waals surface area contributed by atoms with Crippen LogP contribution >= 0.6 is 0 Å². The van der Waals surface area contributed by atoms with Crippen LogP contribution in [0.15, 0.2) is 71.8 Å². The molecule has 122 valence electrons. The summed E-state index contributed by atoms with van der Waals surface area (Å²) in [6.45, 7) is 1.91. The van der Waals surface area contributed by atoms with Crippen LogP contribution in [0.25, 0.3) is 22.2 Å². The number of H-pyrrole nitrogens is 1. The van der Waals surface area contributed by atoms with Gasteiger partial charge in [-0.1, -0.05) is 24.3 Å². The number of rotatable bonds is 3. The van der Waals surface area contributed by atoms with Crippen molar-refractivity contribution >= 4 is 22.5 Å². The van der Waals surface area contributed by atoms with E-state index in [1.54, 1.807) is 18.5 Å². The number of aromatic amines is 1. The minimum atomic E-state index is -0.0847. The summed E-state index contributed by atoms with van der Waals surface area (Å²) in [5, 5.41) is 3.77. The van der Waals surface area contributed by atoms with Crippen molar-refractivity contribution in [3.63, 3.8) is 0 Å². The maximum absolute atomic E-state index is 12.8. The van der Waals surface area contributed by atoms with Crippen LogP contribution in [0.3, 0.4) is 0 Å². The standard InChI is InChI=1S/C20H16N4O/c1-13-10-16(14-6-5-9-21-12-14)19-17(25)11-18(24-20(19)22-13)23-15-7-3-2-4-8-15/h2-12H,1H3,(H2,22,23,24,25). The molecule has 3 aromatic heterocycles. The second kappa shape index (κ2) is 6.20. The van der Waals surface area contributed by atoms with Gasteiger partial charge in [-0.15, -0.1) is 0 Å². The van der Waals surface area contributed by atoms with Gasteiger partial charge in [0, 0.05) is 35.4 Å². The largest absolute Gasteiger partial charge is 0.342 e. The highest BCUT2D eigenvalue weighted by Crippen LogP contribution is 2.26. The molecule has 0 spiro atoms. The van der Waals surface area contributed by atoms with Crippen LogP contribution in [0.4, 0.5) is 11.5 Å². The van der Waals surface area contributed by atoms with Crippen molar-refractivity contribution in [3.8, 4) is 11.1 Å². The molecule has 0 aliphatic heterocycles. The van der Waals surface area contributed by atoms with Gasteiger partial charge in [-0.05, 0) is 36.8 Å². The van der Waals surface area contributed by atoms with Crippen LogP contribution in [0.2, 0.25) is 0 Å². The van der Waals surface area contributed by atoms with E-state index in [-0.39, 0.29) is 5.43 Å². The summed E-state index contributed by atoms with van der Waals surface area (Å²) in [4.78, 5) is 24.7. The number of fused-ring (bicyclic) bond motifs is 1. The molecule has 4 aromatic rings. The number of aromatic nitrogens is 3. The Balaban J connectivity index is 1.89. The van der Waals surface area contributed by atoms with Gasteiger partial charge in [0.2, 0.25) is 0 Å². The van der Waals surface area contributed by atoms with Gasteiger partial charge in [0.1, 0.15) is 11.5 Å². The third-order valence-electron chi connectivity index (χ3n) is 3.95. The lowest BCUT2D eigenvalue weighted by molar-refractivity contribution is 1.20.